The van der Waals surface area contributed by atoms with Gasteiger partial charge < -0.3 is 10.1 Å². The Balaban J connectivity index is 2.59. The van der Waals surface area contributed by atoms with Crippen molar-refractivity contribution in [3.05, 3.63) is 16.0 Å². The Bertz CT molecular complexity index is 324. The van der Waals surface area contributed by atoms with Gasteiger partial charge >= 0.3 is 0 Å². The molecule has 1 aromatic heterocycles. The highest BCUT2D eigenvalue weighted by molar-refractivity contribution is 9.10. The Labute approximate surface area is 103 Å². The standard InChI is InChI=1S/C9H13BrClN3O/c1-3-4-15-6(2)13-8-7(10)5-12-9(11)14-8/h5-6H,3-4H2,1-2H3,(H,12,13,14). The number of hydrogen-bond donors (Lipinski definition) is 1. The average Bonchev–Trinajstić information content (AvgIpc) is 2.20. The lowest BCUT2D eigenvalue weighted by molar-refractivity contribution is 0.0850. The molecular weight excluding hydrogens is 281 g/mol. The van der Waals surface area contributed by atoms with Gasteiger partial charge in [-0.15, -0.1) is 0 Å². The predicted molar refractivity (Wildman–Crippen MR) is 64.1 cm³/mol. The minimum Gasteiger partial charge on any atom is -0.359 e. The molecule has 84 valence electrons. The Morgan fingerprint density at radius 1 is 1.67 bits per heavy atom. The van der Waals surface area contributed by atoms with E-state index in [2.05, 4.69) is 38.1 Å². The second-order valence-electron chi connectivity index (χ2n) is 2.99. The van der Waals surface area contributed by atoms with E-state index in [1.165, 1.54) is 0 Å². The molecule has 0 fully saturated rings. The van der Waals surface area contributed by atoms with Crippen LogP contribution >= 0.6 is 27.5 Å². The molecule has 0 aromatic carbocycles. The van der Waals surface area contributed by atoms with Gasteiger partial charge in [-0.2, -0.15) is 4.98 Å². The molecule has 0 aliphatic rings. The Morgan fingerprint density at radius 3 is 3.07 bits per heavy atom. The highest BCUT2D eigenvalue weighted by atomic mass is 79.9. The topological polar surface area (TPSA) is 47.0 Å². The smallest absolute Gasteiger partial charge is 0.224 e. The van der Waals surface area contributed by atoms with Gasteiger partial charge in [0.2, 0.25) is 5.28 Å². The third-order valence-corrected chi connectivity index (χ3v) is 2.39. The normalized spacial score (nSPS) is 12.5. The quantitative estimate of drug-likeness (QED) is 0.670. The molecule has 1 atom stereocenters. The third kappa shape index (κ3) is 4.32. The fraction of sp³-hybridized carbons (Fsp3) is 0.556. The number of halogens is 2. The van der Waals surface area contributed by atoms with Crippen LogP contribution in [0.15, 0.2) is 10.7 Å². The molecule has 0 bridgehead atoms. The van der Waals surface area contributed by atoms with Gasteiger partial charge in [0.1, 0.15) is 12.0 Å². The number of aromatic nitrogens is 2. The van der Waals surface area contributed by atoms with E-state index in [1.807, 2.05) is 6.92 Å². The van der Waals surface area contributed by atoms with Crippen molar-refractivity contribution in [1.29, 1.82) is 0 Å². The first-order valence-electron chi connectivity index (χ1n) is 4.69. The van der Waals surface area contributed by atoms with Crippen molar-refractivity contribution in [2.24, 2.45) is 0 Å². The van der Waals surface area contributed by atoms with E-state index in [9.17, 15) is 0 Å². The molecule has 0 aliphatic carbocycles. The summed E-state index contributed by atoms with van der Waals surface area (Å²) in [4.78, 5) is 7.87. The van der Waals surface area contributed by atoms with Crippen LogP contribution in [-0.2, 0) is 4.74 Å². The van der Waals surface area contributed by atoms with Crippen LogP contribution in [0, 0.1) is 0 Å². The van der Waals surface area contributed by atoms with E-state index < -0.39 is 0 Å². The fourth-order valence-electron chi connectivity index (χ4n) is 0.976. The van der Waals surface area contributed by atoms with Crippen LogP contribution < -0.4 is 5.32 Å². The van der Waals surface area contributed by atoms with Crippen molar-refractivity contribution in [3.63, 3.8) is 0 Å². The molecule has 4 nitrogen and oxygen atoms in total. The van der Waals surface area contributed by atoms with Gasteiger partial charge in [0.05, 0.1) is 4.47 Å². The summed E-state index contributed by atoms with van der Waals surface area (Å²) in [5.41, 5.74) is 0. The highest BCUT2D eigenvalue weighted by Gasteiger charge is 2.07. The van der Waals surface area contributed by atoms with Crippen molar-refractivity contribution >= 4 is 33.3 Å². The third-order valence-electron chi connectivity index (χ3n) is 1.63. The van der Waals surface area contributed by atoms with E-state index >= 15 is 0 Å². The number of rotatable bonds is 5. The van der Waals surface area contributed by atoms with Crippen molar-refractivity contribution in [2.45, 2.75) is 26.5 Å². The van der Waals surface area contributed by atoms with Crippen molar-refractivity contribution < 1.29 is 4.74 Å². The minimum absolute atomic E-state index is 0.104. The van der Waals surface area contributed by atoms with Crippen molar-refractivity contribution in [1.82, 2.24) is 9.97 Å². The van der Waals surface area contributed by atoms with E-state index in [0.717, 1.165) is 10.9 Å². The van der Waals surface area contributed by atoms with E-state index in [4.69, 9.17) is 16.3 Å². The number of nitrogens with zero attached hydrogens (tertiary/aromatic N) is 2. The largest absolute Gasteiger partial charge is 0.359 e. The number of nitrogens with one attached hydrogen (secondary N) is 1. The molecule has 0 saturated heterocycles. The van der Waals surface area contributed by atoms with Gasteiger partial charge in [0.25, 0.3) is 0 Å². The summed E-state index contributed by atoms with van der Waals surface area (Å²) in [6.45, 7) is 4.69. The first-order valence-corrected chi connectivity index (χ1v) is 5.86. The first kappa shape index (κ1) is 12.7. The van der Waals surface area contributed by atoms with Crippen LogP contribution in [0.25, 0.3) is 0 Å². The zero-order valence-corrected chi connectivity index (χ0v) is 11.0. The number of hydrogen-bond acceptors (Lipinski definition) is 4. The lowest BCUT2D eigenvalue weighted by Gasteiger charge is -2.15. The maximum Gasteiger partial charge on any atom is 0.224 e. The monoisotopic (exact) mass is 293 g/mol. The second-order valence-corrected chi connectivity index (χ2v) is 4.19. The Morgan fingerprint density at radius 2 is 2.40 bits per heavy atom. The van der Waals surface area contributed by atoms with Gasteiger partial charge in [0, 0.05) is 12.8 Å². The molecule has 0 amide bonds. The van der Waals surface area contributed by atoms with Crippen LogP contribution in [0.5, 0.6) is 0 Å². The summed E-state index contributed by atoms with van der Waals surface area (Å²) < 4.78 is 6.22. The molecule has 0 saturated carbocycles. The van der Waals surface area contributed by atoms with E-state index in [0.29, 0.717) is 12.4 Å². The molecule has 1 rings (SSSR count). The minimum atomic E-state index is -0.104. The molecule has 1 heterocycles. The molecule has 1 unspecified atom stereocenters. The number of anilines is 1. The Kier molecular flexibility index (Phi) is 5.28. The predicted octanol–water partition coefficient (Wildman–Crippen LogP) is 3.08. The summed E-state index contributed by atoms with van der Waals surface area (Å²) in [6, 6.07) is 0. The summed E-state index contributed by atoms with van der Waals surface area (Å²) in [5.74, 6) is 0.638. The van der Waals surface area contributed by atoms with E-state index in [1.54, 1.807) is 6.20 Å². The Hall–Kier alpha value is -0.390. The molecule has 6 heteroatoms. The number of ether oxygens (including phenoxy) is 1. The van der Waals surface area contributed by atoms with Crippen LogP contribution in [0.2, 0.25) is 5.28 Å². The highest BCUT2D eigenvalue weighted by Crippen LogP contribution is 2.20. The van der Waals surface area contributed by atoms with Gasteiger partial charge in [-0.05, 0) is 40.9 Å². The molecule has 0 radical (unpaired) electrons. The molecule has 15 heavy (non-hydrogen) atoms. The average molecular weight is 295 g/mol. The zero-order valence-electron chi connectivity index (χ0n) is 8.63. The summed E-state index contributed by atoms with van der Waals surface area (Å²) in [5, 5.41) is 3.29. The van der Waals surface area contributed by atoms with Gasteiger partial charge in [-0.25, -0.2) is 4.98 Å². The molecule has 0 spiro atoms. The van der Waals surface area contributed by atoms with Gasteiger partial charge in [0.15, 0.2) is 0 Å². The first-order chi connectivity index (χ1) is 7.13. The van der Waals surface area contributed by atoms with Crippen LogP contribution in [0.1, 0.15) is 20.3 Å². The molecule has 0 aliphatic heterocycles. The van der Waals surface area contributed by atoms with Gasteiger partial charge in [-0.3, -0.25) is 0 Å². The lowest BCUT2D eigenvalue weighted by Crippen LogP contribution is -2.20. The van der Waals surface area contributed by atoms with Gasteiger partial charge in [-0.1, -0.05) is 6.92 Å². The fourth-order valence-corrected chi connectivity index (χ4v) is 1.41. The second kappa shape index (κ2) is 6.25. The summed E-state index contributed by atoms with van der Waals surface area (Å²) >= 11 is 9.01. The molecular formula is C9H13BrClN3O. The zero-order chi connectivity index (χ0) is 11.3. The van der Waals surface area contributed by atoms with Crippen LogP contribution in [0.4, 0.5) is 5.82 Å². The maximum absolute atomic E-state index is 5.68. The van der Waals surface area contributed by atoms with Crippen LogP contribution in [0.3, 0.4) is 0 Å². The van der Waals surface area contributed by atoms with Crippen molar-refractivity contribution in [3.8, 4) is 0 Å². The lowest BCUT2D eigenvalue weighted by atomic mass is 10.5. The SMILES string of the molecule is CCCOC(C)Nc1nc(Cl)ncc1Br. The molecule has 1 N–H and O–H groups in total. The summed E-state index contributed by atoms with van der Waals surface area (Å²) in [6.07, 6.45) is 2.48. The summed E-state index contributed by atoms with van der Waals surface area (Å²) in [7, 11) is 0. The van der Waals surface area contributed by atoms with Crippen LogP contribution in [-0.4, -0.2) is 22.8 Å². The van der Waals surface area contributed by atoms with Crippen molar-refractivity contribution in [2.75, 3.05) is 11.9 Å². The molecule has 1 aromatic rings. The maximum atomic E-state index is 5.68. The van der Waals surface area contributed by atoms with E-state index in [-0.39, 0.29) is 11.5 Å².